The molecule has 0 spiro atoms. The van der Waals surface area contributed by atoms with Crippen molar-refractivity contribution in [3.63, 3.8) is 0 Å². The Kier molecular flexibility index (Phi) is 4.70. The molecule has 0 bridgehead atoms. The standard InChI is InChI=1S/C29H26N2O2/c1-19-17-30-25-15-9-8-13-22(25)24-16-26(29(32)33-2)31(18-20-10-4-3-5-11-20)27(28(24)30)23-14-7-6-12-21(19)23/h3-15,26-27H,1,16-18H2,2H3/t26-,27+/m0/s1. The normalized spacial score (nSPS) is 19.6. The number of carbonyl (C=O) groups is 1. The summed E-state index contributed by atoms with van der Waals surface area (Å²) in [6, 6.07) is 27.0. The number of nitrogens with zero attached hydrogens (tertiary/aromatic N) is 2. The molecule has 0 amide bonds. The summed E-state index contributed by atoms with van der Waals surface area (Å²) in [5, 5.41) is 1.22. The van der Waals surface area contributed by atoms with E-state index in [0.717, 1.165) is 12.1 Å². The minimum absolute atomic E-state index is 0.0686. The van der Waals surface area contributed by atoms with Gasteiger partial charge in [-0.2, -0.15) is 0 Å². The second kappa shape index (κ2) is 7.75. The van der Waals surface area contributed by atoms with E-state index in [1.165, 1.54) is 46.0 Å². The van der Waals surface area contributed by atoms with Crippen molar-refractivity contribution in [3.05, 3.63) is 113 Å². The van der Waals surface area contributed by atoms with E-state index in [4.69, 9.17) is 4.74 Å². The van der Waals surface area contributed by atoms with E-state index in [9.17, 15) is 4.79 Å². The maximum absolute atomic E-state index is 13.2. The molecule has 0 fully saturated rings. The van der Waals surface area contributed by atoms with Crippen molar-refractivity contribution < 1.29 is 9.53 Å². The summed E-state index contributed by atoms with van der Waals surface area (Å²) < 4.78 is 7.76. The highest BCUT2D eigenvalue weighted by molar-refractivity contribution is 5.89. The highest BCUT2D eigenvalue weighted by Gasteiger charge is 2.44. The number of fused-ring (bicyclic) bond motifs is 5. The smallest absolute Gasteiger partial charge is 0.323 e. The van der Waals surface area contributed by atoms with Crippen LogP contribution in [-0.4, -0.2) is 28.6 Å². The minimum atomic E-state index is -0.369. The molecule has 1 aromatic heterocycles. The third-order valence-electron chi connectivity index (χ3n) is 7.17. The molecule has 3 aromatic carbocycles. The predicted molar refractivity (Wildman–Crippen MR) is 131 cm³/mol. The summed E-state index contributed by atoms with van der Waals surface area (Å²) >= 11 is 0. The number of benzene rings is 3. The van der Waals surface area contributed by atoms with Crippen LogP contribution in [0.3, 0.4) is 0 Å². The average molecular weight is 435 g/mol. The van der Waals surface area contributed by atoms with E-state index in [1.54, 1.807) is 0 Å². The number of hydrogen-bond acceptors (Lipinski definition) is 3. The van der Waals surface area contributed by atoms with Gasteiger partial charge in [-0.05, 0) is 33.9 Å². The summed E-state index contributed by atoms with van der Waals surface area (Å²) in [6.45, 7) is 5.87. The molecule has 2 atom stereocenters. The first kappa shape index (κ1) is 20.0. The molecule has 0 saturated carbocycles. The zero-order valence-electron chi connectivity index (χ0n) is 18.7. The Balaban J connectivity index is 1.66. The van der Waals surface area contributed by atoms with Crippen LogP contribution in [0.4, 0.5) is 0 Å². The fourth-order valence-corrected chi connectivity index (χ4v) is 5.75. The number of hydrogen-bond donors (Lipinski definition) is 0. The molecule has 2 aliphatic rings. The first-order valence-electron chi connectivity index (χ1n) is 11.4. The van der Waals surface area contributed by atoms with E-state index in [0.29, 0.717) is 13.0 Å². The van der Waals surface area contributed by atoms with E-state index < -0.39 is 0 Å². The summed E-state index contributed by atoms with van der Waals surface area (Å²) in [4.78, 5) is 15.5. The summed E-state index contributed by atoms with van der Waals surface area (Å²) in [5.41, 5.74) is 8.38. The largest absolute Gasteiger partial charge is 0.468 e. The van der Waals surface area contributed by atoms with Crippen LogP contribution in [0.1, 0.15) is 34.0 Å². The number of allylic oxidation sites excluding steroid dienone is 1. The summed E-state index contributed by atoms with van der Waals surface area (Å²) in [5.74, 6) is -0.186. The number of aromatic nitrogens is 1. The Bertz CT molecular complexity index is 1390. The number of methoxy groups -OCH3 is 1. The van der Waals surface area contributed by atoms with Crippen LogP contribution in [0.5, 0.6) is 0 Å². The summed E-state index contributed by atoms with van der Waals surface area (Å²) in [6.07, 6.45) is 0.632. The van der Waals surface area contributed by atoms with Crippen LogP contribution in [0.2, 0.25) is 0 Å². The van der Waals surface area contributed by atoms with Gasteiger partial charge >= 0.3 is 5.97 Å². The molecule has 0 saturated heterocycles. The zero-order chi connectivity index (χ0) is 22.5. The molecule has 2 aliphatic heterocycles. The Labute approximate surface area is 193 Å². The molecule has 3 heterocycles. The fraction of sp³-hybridized carbons (Fsp3) is 0.207. The van der Waals surface area contributed by atoms with Crippen molar-refractivity contribution in [2.75, 3.05) is 7.11 Å². The number of para-hydroxylation sites is 1. The van der Waals surface area contributed by atoms with Gasteiger partial charge in [-0.1, -0.05) is 79.4 Å². The molecule has 4 aromatic rings. The van der Waals surface area contributed by atoms with Crippen molar-refractivity contribution in [3.8, 4) is 0 Å². The molecule has 0 aliphatic carbocycles. The Morgan fingerprint density at radius 3 is 2.55 bits per heavy atom. The SMILES string of the molecule is C=C1Cn2c3c(c4ccccc42)C[C@@H](C(=O)OC)N(Cc2ccccc2)[C@@H]3c2ccccc21. The van der Waals surface area contributed by atoms with Gasteiger partial charge in [-0.15, -0.1) is 0 Å². The van der Waals surface area contributed by atoms with Crippen LogP contribution >= 0.6 is 0 Å². The first-order valence-corrected chi connectivity index (χ1v) is 11.4. The first-order chi connectivity index (χ1) is 16.2. The highest BCUT2D eigenvalue weighted by atomic mass is 16.5. The lowest BCUT2D eigenvalue weighted by atomic mass is 9.85. The molecule has 4 heteroatoms. The van der Waals surface area contributed by atoms with Gasteiger partial charge in [0.15, 0.2) is 0 Å². The second-order valence-electron chi connectivity index (χ2n) is 8.96. The maximum Gasteiger partial charge on any atom is 0.323 e. The van der Waals surface area contributed by atoms with Crippen LogP contribution in [0.25, 0.3) is 16.5 Å². The maximum atomic E-state index is 13.2. The third-order valence-corrected chi connectivity index (χ3v) is 7.17. The topological polar surface area (TPSA) is 34.5 Å². The molecule has 164 valence electrons. The third kappa shape index (κ3) is 3.05. The Morgan fingerprint density at radius 2 is 1.73 bits per heavy atom. The van der Waals surface area contributed by atoms with Crippen molar-refractivity contribution >= 4 is 22.4 Å². The van der Waals surface area contributed by atoms with Gasteiger partial charge < -0.3 is 9.30 Å². The lowest BCUT2D eigenvalue weighted by Gasteiger charge is -2.41. The van der Waals surface area contributed by atoms with E-state index in [2.05, 4.69) is 88.8 Å². The van der Waals surface area contributed by atoms with Crippen LogP contribution in [0, 0.1) is 0 Å². The van der Waals surface area contributed by atoms with Gasteiger partial charge in [0, 0.05) is 36.1 Å². The van der Waals surface area contributed by atoms with E-state index in [-0.39, 0.29) is 18.1 Å². The van der Waals surface area contributed by atoms with Gasteiger partial charge in [-0.3, -0.25) is 9.69 Å². The van der Waals surface area contributed by atoms with Crippen LogP contribution in [0.15, 0.2) is 85.4 Å². The monoisotopic (exact) mass is 434 g/mol. The Hall–Kier alpha value is -3.63. The molecule has 4 nitrogen and oxygen atoms in total. The molecule has 33 heavy (non-hydrogen) atoms. The summed E-state index contributed by atoms with van der Waals surface area (Å²) in [7, 11) is 1.49. The quantitative estimate of drug-likeness (QED) is 0.407. The highest BCUT2D eigenvalue weighted by Crippen LogP contribution is 2.47. The number of ether oxygens (including phenoxy) is 1. The van der Waals surface area contributed by atoms with Crippen molar-refractivity contribution in [1.82, 2.24) is 9.47 Å². The van der Waals surface area contributed by atoms with Gasteiger partial charge in [0.1, 0.15) is 6.04 Å². The lowest BCUT2D eigenvalue weighted by Crippen LogP contribution is -2.49. The predicted octanol–water partition coefficient (Wildman–Crippen LogP) is 5.36. The van der Waals surface area contributed by atoms with E-state index >= 15 is 0 Å². The fourth-order valence-electron chi connectivity index (χ4n) is 5.75. The van der Waals surface area contributed by atoms with Gasteiger partial charge in [0.05, 0.1) is 13.2 Å². The van der Waals surface area contributed by atoms with Crippen molar-refractivity contribution in [1.29, 1.82) is 0 Å². The molecular formula is C29H26N2O2. The molecular weight excluding hydrogens is 408 g/mol. The minimum Gasteiger partial charge on any atom is -0.468 e. The molecule has 0 radical (unpaired) electrons. The molecule has 6 rings (SSSR count). The molecule has 0 unspecified atom stereocenters. The van der Waals surface area contributed by atoms with E-state index in [1.807, 2.05) is 6.07 Å². The van der Waals surface area contributed by atoms with Crippen molar-refractivity contribution in [2.45, 2.75) is 31.6 Å². The number of esters is 1. The number of carbonyl (C=O) groups excluding carboxylic acids is 1. The number of rotatable bonds is 3. The average Bonchev–Trinajstić information content (AvgIpc) is 3.09. The lowest BCUT2D eigenvalue weighted by molar-refractivity contribution is -0.148. The second-order valence-corrected chi connectivity index (χ2v) is 8.96. The van der Waals surface area contributed by atoms with Gasteiger partial charge in [0.25, 0.3) is 0 Å². The van der Waals surface area contributed by atoms with Crippen molar-refractivity contribution in [2.24, 2.45) is 0 Å². The zero-order valence-corrected chi connectivity index (χ0v) is 18.7. The van der Waals surface area contributed by atoms with Gasteiger partial charge in [0.2, 0.25) is 0 Å². The van der Waals surface area contributed by atoms with Gasteiger partial charge in [-0.25, -0.2) is 0 Å². The Morgan fingerprint density at radius 1 is 1.00 bits per heavy atom. The van der Waals surface area contributed by atoms with Crippen LogP contribution in [-0.2, 0) is 29.0 Å². The van der Waals surface area contributed by atoms with Crippen LogP contribution < -0.4 is 0 Å². The molecule has 0 N–H and O–H groups in total.